The average Bonchev–Trinajstić information content (AvgIpc) is 3.47. The number of rotatable bonds is 55. The summed E-state index contributed by atoms with van der Waals surface area (Å²) in [7, 11) is 0. The molecule has 8 unspecified atom stereocenters. The molecule has 1 rings (SSSR count). The van der Waals surface area contributed by atoms with Gasteiger partial charge in [-0.3, -0.25) is 9.59 Å². The maximum absolute atomic E-state index is 13.4. The van der Waals surface area contributed by atoms with Crippen molar-refractivity contribution in [2.24, 2.45) is 0 Å². The zero-order valence-electron chi connectivity index (χ0n) is 50.7. The second-order valence-electron chi connectivity index (χ2n) is 22.5. The molecule has 0 aliphatic carbocycles. The first-order valence-corrected chi connectivity index (χ1v) is 32.7. The van der Waals surface area contributed by atoms with Crippen molar-refractivity contribution in [1.29, 1.82) is 0 Å². The lowest BCUT2D eigenvalue weighted by Gasteiger charge is -2.41. The Morgan fingerprint density at radius 1 is 0.494 bits per heavy atom. The molecule has 1 fully saturated rings. The number of aliphatic hydroxyl groups excluding tert-OH is 5. The molecule has 11 heteroatoms. The predicted octanol–water partition coefficient (Wildman–Crippen LogP) is 16.0. The molecule has 0 aromatic carbocycles. The first-order chi connectivity index (χ1) is 38.7. The van der Waals surface area contributed by atoms with Gasteiger partial charge in [0.25, 0.3) is 0 Å². The highest BCUT2D eigenvalue weighted by Gasteiger charge is 2.47. The number of unbranched alkanes of at least 4 members (excludes halogenated alkanes) is 31. The van der Waals surface area contributed by atoms with E-state index in [1.54, 1.807) is 6.08 Å². The smallest absolute Gasteiger partial charge is 0.306 e. The van der Waals surface area contributed by atoms with Crippen LogP contribution in [0.2, 0.25) is 0 Å². The normalized spacial score (nSPS) is 19.3. The van der Waals surface area contributed by atoms with Crippen molar-refractivity contribution in [1.82, 2.24) is 5.32 Å². The van der Waals surface area contributed by atoms with Crippen LogP contribution in [-0.2, 0) is 23.8 Å². The molecule has 1 saturated heterocycles. The van der Waals surface area contributed by atoms with Gasteiger partial charge < -0.3 is 45.1 Å². The molecule has 1 heterocycles. The number of carbonyl (C=O) groups is 2. The molecule has 0 saturated carbocycles. The summed E-state index contributed by atoms with van der Waals surface area (Å²) >= 11 is 0. The topological polar surface area (TPSA) is 175 Å². The molecular formula is C68H121NO10. The molecule has 11 nitrogen and oxygen atoms in total. The first-order valence-electron chi connectivity index (χ1n) is 32.7. The third-order valence-electron chi connectivity index (χ3n) is 15.1. The van der Waals surface area contributed by atoms with Crippen molar-refractivity contribution < 1.29 is 49.3 Å². The van der Waals surface area contributed by atoms with Crippen LogP contribution >= 0.6 is 0 Å². The van der Waals surface area contributed by atoms with Crippen LogP contribution in [0.25, 0.3) is 0 Å². The van der Waals surface area contributed by atoms with Crippen LogP contribution in [0.15, 0.2) is 72.9 Å². The minimum atomic E-state index is -1.62. The highest BCUT2D eigenvalue weighted by molar-refractivity contribution is 5.80. The van der Waals surface area contributed by atoms with Gasteiger partial charge in [-0.05, 0) is 96.3 Å². The maximum atomic E-state index is 13.4. The third kappa shape index (κ3) is 43.5. The summed E-state index contributed by atoms with van der Waals surface area (Å²) in [5, 5.41) is 57.0. The van der Waals surface area contributed by atoms with Crippen LogP contribution in [0.1, 0.15) is 284 Å². The monoisotopic (exact) mass is 1110 g/mol. The summed E-state index contributed by atoms with van der Waals surface area (Å²) in [6.07, 6.45) is 60.7. The van der Waals surface area contributed by atoms with Crippen molar-refractivity contribution in [3.63, 3.8) is 0 Å². The summed E-state index contributed by atoms with van der Waals surface area (Å²) in [6, 6.07) is -1.03. The molecule has 0 spiro atoms. The molecule has 1 aliphatic rings. The van der Waals surface area contributed by atoms with Crippen LogP contribution in [0, 0.1) is 0 Å². The molecule has 6 N–H and O–H groups in total. The van der Waals surface area contributed by atoms with Crippen LogP contribution < -0.4 is 5.32 Å². The van der Waals surface area contributed by atoms with Crippen molar-refractivity contribution in [2.45, 2.75) is 333 Å². The third-order valence-corrected chi connectivity index (χ3v) is 15.1. The Labute approximate surface area is 483 Å². The van der Waals surface area contributed by atoms with E-state index >= 15 is 0 Å². The predicted molar refractivity (Wildman–Crippen MR) is 329 cm³/mol. The standard InChI is InChI=1S/C68H121NO10/c1-4-7-10-13-16-19-22-24-26-28-30-32-33-35-37-40-43-46-49-52-55-61(72)67(76)69-59(60(71)54-51-48-45-42-39-21-18-15-12-9-6-3)58-77-68-66(65(75)64(74)62(57-70)78-68)79-63(73)56-53-50-47-44-41-38-36-34-31-29-27-25-23-20-17-14-11-8-5-2/h16-17,19-20,24-27,31,34,51,54,59-62,64-66,68,70-72,74-75H,4-15,18,21-23,28-30,32-33,35-50,52-53,55-58H2,1-3H3,(H,69,76)/b19-16-,20-17-,26-24-,27-25-,34-31-,54-51+. The molecule has 79 heavy (non-hydrogen) atoms. The molecule has 8 atom stereocenters. The molecule has 458 valence electrons. The van der Waals surface area contributed by atoms with Crippen molar-refractivity contribution in [2.75, 3.05) is 13.2 Å². The highest BCUT2D eigenvalue weighted by atomic mass is 16.7. The first kappa shape index (κ1) is 74.1. The number of carbonyl (C=O) groups excluding carboxylic acids is 2. The molecule has 0 aromatic heterocycles. The van der Waals surface area contributed by atoms with Gasteiger partial charge in [0.15, 0.2) is 12.4 Å². The van der Waals surface area contributed by atoms with Crippen molar-refractivity contribution >= 4 is 11.9 Å². The van der Waals surface area contributed by atoms with Gasteiger partial charge in [-0.25, -0.2) is 0 Å². The fraction of sp³-hybridized carbons (Fsp3) is 0.794. The van der Waals surface area contributed by atoms with Gasteiger partial charge in [0.1, 0.15) is 24.4 Å². The Bertz CT molecular complexity index is 1560. The van der Waals surface area contributed by atoms with Gasteiger partial charge in [0.2, 0.25) is 5.91 Å². The zero-order valence-corrected chi connectivity index (χ0v) is 50.7. The number of allylic oxidation sites excluding steroid dienone is 11. The van der Waals surface area contributed by atoms with Gasteiger partial charge in [-0.1, -0.05) is 254 Å². The number of ether oxygens (including phenoxy) is 3. The second kappa shape index (κ2) is 55.6. The van der Waals surface area contributed by atoms with Gasteiger partial charge in [-0.15, -0.1) is 0 Å². The summed E-state index contributed by atoms with van der Waals surface area (Å²) in [6.45, 7) is 5.74. The molecular weight excluding hydrogens is 991 g/mol. The highest BCUT2D eigenvalue weighted by Crippen LogP contribution is 2.26. The van der Waals surface area contributed by atoms with Crippen LogP contribution in [0.5, 0.6) is 0 Å². The van der Waals surface area contributed by atoms with E-state index in [0.717, 1.165) is 103 Å². The second-order valence-corrected chi connectivity index (χ2v) is 22.5. The van der Waals surface area contributed by atoms with Crippen molar-refractivity contribution in [3.05, 3.63) is 72.9 Å². The lowest BCUT2D eigenvalue weighted by atomic mass is 9.99. The largest absolute Gasteiger partial charge is 0.454 e. The van der Waals surface area contributed by atoms with E-state index < -0.39 is 67.4 Å². The quantitative estimate of drug-likeness (QED) is 0.0195. The number of nitrogens with one attached hydrogen (secondary N) is 1. The molecule has 0 radical (unpaired) electrons. The zero-order chi connectivity index (χ0) is 57.5. The minimum absolute atomic E-state index is 0.107. The Hall–Kier alpha value is -2.90. The lowest BCUT2D eigenvalue weighted by molar-refractivity contribution is -0.305. The summed E-state index contributed by atoms with van der Waals surface area (Å²) in [5.74, 6) is -1.21. The number of hydrogen-bond acceptors (Lipinski definition) is 10. The number of esters is 1. The van der Waals surface area contributed by atoms with Crippen LogP contribution in [0.3, 0.4) is 0 Å². The van der Waals surface area contributed by atoms with Crippen molar-refractivity contribution in [3.8, 4) is 0 Å². The Morgan fingerprint density at radius 3 is 1.33 bits per heavy atom. The molecule has 0 bridgehead atoms. The van der Waals surface area contributed by atoms with Gasteiger partial charge in [0.05, 0.1) is 25.4 Å². The lowest BCUT2D eigenvalue weighted by Crippen LogP contribution is -2.61. The number of hydrogen-bond donors (Lipinski definition) is 6. The van der Waals surface area contributed by atoms with Crippen LogP contribution in [0.4, 0.5) is 0 Å². The maximum Gasteiger partial charge on any atom is 0.306 e. The Morgan fingerprint density at radius 2 is 0.873 bits per heavy atom. The van der Waals surface area contributed by atoms with E-state index in [1.165, 1.54) is 135 Å². The van der Waals surface area contributed by atoms with Gasteiger partial charge >= 0.3 is 5.97 Å². The van der Waals surface area contributed by atoms with Crippen LogP contribution in [-0.4, -0.2) is 99.6 Å². The average molecular weight is 1110 g/mol. The summed E-state index contributed by atoms with van der Waals surface area (Å²) in [4.78, 5) is 26.6. The Balaban J connectivity index is 2.64. The van der Waals surface area contributed by atoms with E-state index in [-0.39, 0.29) is 19.4 Å². The van der Waals surface area contributed by atoms with E-state index in [0.29, 0.717) is 12.8 Å². The van der Waals surface area contributed by atoms with E-state index in [1.807, 2.05) is 6.08 Å². The molecule has 1 aliphatic heterocycles. The van der Waals surface area contributed by atoms with E-state index in [9.17, 15) is 35.1 Å². The molecule has 1 amide bonds. The number of aliphatic hydroxyl groups is 5. The number of amides is 1. The Kier molecular flexibility index (Phi) is 52.2. The SMILES string of the molecule is CCCCC/C=C\C/C=C\C/C=C\CCCCCCCCC(=O)OC1C(OCC(NC(=O)C(O)CCCCCCCCCCCC/C=C\C/C=C\CCCCC)C(O)/C=C/CCCCCCCCCCC)OC(CO)C(O)C1O. The summed E-state index contributed by atoms with van der Waals surface area (Å²) in [5.41, 5.74) is 0. The fourth-order valence-corrected chi connectivity index (χ4v) is 9.86. The fourth-order valence-electron chi connectivity index (χ4n) is 9.86. The van der Waals surface area contributed by atoms with E-state index in [4.69, 9.17) is 14.2 Å². The van der Waals surface area contributed by atoms with Gasteiger partial charge in [-0.2, -0.15) is 0 Å². The van der Waals surface area contributed by atoms with Gasteiger partial charge in [0, 0.05) is 6.42 Å². The minimum Gasteiger partial charge on any atom is -0.454 e. The van der Waals surface area contributed by atoms with E-state index in [2.05, 4.69) is 86.8 Å². The molecule has 0 aromatic rings. The summed E-state index contributed by atoms with van der Waals surface area (Å²) < 4.78 is 17.6.